The molecule has 0 atom stereocenters. The zero-order valence-electron chi connectivity index (χ0n) is 13.5. The van der Waals surface area contributed by atoms with Crippen molar-refractivity contribution in [1.82, 2.24) is 8.96 Å². The second-order valence-corrected chi connectivity index (χ2v) is 6.99. The summed E-state index contributed by atoms with van der Waals surface area (Å²) in [6.07, 6.45) is 0.934. The van der Waals surface area contributed by atoms with Crippen molar-refractivity contribution in [3.63, 3.8) is 0 Å². The number of rotatable bonds is 5. The van der Waals surface area contributed by atoms with E-state index in [1.807, 2.05) is 6.92 Å². The van der Waals surface area contributed by atoms with Gasteiger partial charge in [0.2, 0.25) is 5.82 Å². The molecule has 3 rings (SSSR count). The maximum Gasteiger partial charge on any atom is 0.358 e. The Labute approximate surface area is 143 Å². The van der Waals surface area contributed by atoms with Crippen molar-refractivity contribution < 1.29 is 18.1 Å². The highest BCUT2D eigenvalue weighted by atomic mass is 32.2. The van der Waals surface area contributed by atoms with E-state index in [0.29, 0.717) is 27.1 Å². The van der Waals surface area contributed by atoms with E-state index in [2.05, 4.69) is 4.98 Å². The molecule has 0 aliphatic heterocycles. The van der Waals surface area contributed by atoms with Gasteiger partial charge in [0, 0.05) is 17.7 Å². The highest BCUT2D eigenvalue weighted by molar-refractivity contribution is 7.90. The van der Waals surface area contributed by atoms with Crippen LogP contribution in [0.5, 0.6) is 5.75 Å². The van der Waals surface area contributed by atoms with E-state index in [-0.39, 0.29) is 10.7 Å². The van der Waals surface area contributed by atoms with Gasteiger partial charge in [-0.1, -0.05) is 28.2 Å². The molecule has 3 aromatic rings. The monoisotopic (exact) mass is 361 g/mol. The van der Waals surface area contributed by atoms with Gasteiger partial charge in [-0.2, -0.15) is 8.42 Å². The van der Waals surface area contributed by atoms with Crippen LogP contribution < -0.4 is 4.74 Å². The molecule has 2 aromatic carbocycles. The largest absolute Gasteiger partial charge is 0.493 e. The average Bonchev–Trinajstić information content (AvgIpc) is 2.98. The summed E-state index contributed by atoms with van der Waals surface area (Å²) in [4.78, 5) is 14.1. The SMILES string of the molecule is CCOc1ccc(S(=O)(=O)n2c([N+](=O)[O-])cnc2C)c2ccccc12. The lowest BCUT2D eigenvalue weighted by Gasteiger charge is -2.11. The summed E-state index contributed by atoms with van der Waals surface area (Å²) in [6, 6.07) is 9.80. The highest BCUT2D eigenvalue weighted by Gasteiger charge is 2.33. The van der Waals surface area contributed by atoms with E-state index in [4.69, 9.17) is 4.74 Å². The summed E-state index contributed by atoms with van der Waals surface area (Å²) in [6.45, 7) is 3.67. The third-order valence-corrected chi connectivity index (χ3v) is 5.56. The average molecular weight is 361 g/mol. The van der Waals surface area contributed by atoms with Gasteiger partial charge in [-0.25, -0.2) is 4.98 Å². The number of fused-ring (bicyclic) bond motifs is 1. The van der Waals surface area contributed by atoms with Crippen molar-refractivity contribution in [2.45, 2.75) is 18.7 Å². The molecule has 8 nitrogen and oxygen atoms in total. The van der Waals surface area contributed by atoms with E-state index in [1.165, 1.54) is 13.0 Å². The van der Waals surface area contributed by atoms with Gasteiger partial charge in [-0.15, -0.1) is 0 Å². The minimum absolute atomic E-state index is 0.0182. The van der Waals surface area contributed by atoms with Crippen LogP contribution in [-0.4, -0.2) is 28.9 Å². The van der Waals surface area contributed by atoms with Crippen LogP contribution in [0.1, 0.15) is 12.7 Å². The van der Waals surface area contributed by atoms with Crippen LogP contribution in [0.3, 0.4) is 0 Å². The fourth-order valence-corrected chi connectivity index (χ4v) is 4.34. The molecule has 0 fully saturated rings. The molecule has 0 bridgehead atoms. The molecule has 0 saturated carbocycles. The smallest absolute Gasteiger partial charge is 0.358 e. The van der Waals surface area contributed by atoms with Crippen LogP contribution >= 0.6 is 0 Å². The fourth-order valence-electron chi connectivity index (χ4n) is 2.69. The number of hydrogen-bond donors (Lipinski definition) is 0. The van der Waals surface area contributed by atoms with E-state index >= 15 is 0 Å². The second-order valence-electron chi connectivity index (χ2n) is 5.23. The van der Waals surface area contributed by atoms with Gasteiger partial charge in [0.05, 0.1) is 6.61 Å². The number of nitro groups is 1. The summed E-state index contributed by atoms with van der Waals surface area (Å²) in [5, 5.41) is 12.2. The van der Waals surface area contributed by atoms with Crippen LogP contribution in [0.4, 0.5) is 5.82 Å². The van der Waals surface area contributed by atoms with E-state index in [1.54, 1.807) is 30.3 Å². The number of nitrogens with zero attached hydrogens (tertiary/aromatic N) is 3. The molecule has 0 unspecified atom stereocenters. The fraction of sp³-hybridized carbons (Fsp3) is 0.188. The zero-order chi connectivity index (χ0) is 18.2. The molecule has 1 aromatic heterocycles. The standard InChI is InChI=1S/C16H15N3O5S/c1-3-24-14-8-9-15(13-7-5-4-6-12(13)14)25(22,23)18-11(2)17-10-16(18)19(20)21/h4-10H,3H2,1-2H3. The molecule has 0 spiro atoms. The highest BCUT2D eigenvalue weighted by Crippen LogP contribution is 2.33. The Bertz CT molecular complexity index is 1070. The van der Waals surface area contributed by atoms with Gasteiger partial charge in [0.15, 0.2) is 0 Å². The second kappa shape index (κ2) is 6.17. The third-order valence-electron chi connectivity index (χ3n) is 3.72. The Morgan fingerprint density at radius 1 is 1.20 bits per heavy atom. The molecule has 0 radical (unpaired) electrons. The van der Waals surface area contributed by atoms with Gasteiger partial charge in [0.25, 0.3) is 0 Å². The summed E-state index contributed by atoms with van der Waals surface area (Å²) in [5.41, 5.74) is 0. The third kappa shape index (κ3) is 2.72. The number of imidazole rings is 1. The van der Waals surface area contributed by atoms with Crippen molar-refractivity contribution in [3.8, 4) is 5.75 Å². The van der Waals surface area contributed by atoms with Gasteiger partial charge >= 0.3 is 15.8 Å². The van der Waals surface area contributed by atoms with Gasteiger partial charge < -0.3 is 14.9 Å². The van der Waals surface area contributed by atoms with Gasteiger partial charge in [-0.05, 0) is 24.0 Å². The number of hydrogen-bond acceptors (Lipinski definition) is 6. The molecule has 0 amide bonds. The first-order chi connectivity index (χ1) is 11.9. The van der Waals surface area contributed by atoms with Crippen molar-refractivity contribution in [2.24, 2.45) is 0 Å². The summed E-state index contributed by atoms with van der Waals surface area (Å²) >= 11 is 0. The van der Waals surface area contributed by atoms with Crippen LogP contribution in [0.2, 0.25) is 0 Å². The summed E-state index contributed by atoms with van der Waals surface area (Å²) < 4.78 is 32.4. The lowest BCUT2D eigenvalue weighted by atomic mass is 10.1. The predicted octanol–water partition coefficient (Wildman–Crippen LogP) is 2.89. The Morgan fingerprint density at radius 3 is 2.52 bits per heavy atom. The Hall–Kier alpha value is -2.94. The minimum Gasteiger partial charge on any atom is -0.493 e. The molecular formula is C16H15N3O5S. The maximum absolute atomic E-state index is 13.1. The lowest BCUT2D eigenvalue weighted by Crippen LogP contribution is -2.17. The molecule has 130 valence electrons. The zero-order valence-corrected chi connectivity index (χ0v) is 14.4. The summed E-state index contributed by atoms with van der Waals surface area (Å²) in [5.74, 6) is -0.0333. The van der Waals surface area contributed by atoms with E-state index in [0.717, 1.165) is 6.20 Å². The van der Waals surface area contributed by atoms with E-state index in [9.17, 15) is 18.5 Å². The van der Waals surface area contributed by atoms with Crippen LogP contribution in [0.15, 0.2) is 47.5 Å². The lowest BCUT2D eigenvalue weighted by molar-refractivity contribution is -0.390. The summed E-state index contributed by atoms with van der Waals surface area (Å²) in [7, 11) is -4.20. The molecule has 0 aliphatic rings. The molecular weight excluding hydrogens is 346 g/mol. The van der Waals surface area contributed by atoms with Crippen LogP contribution in [-0.2, 0) is 10.0 Å². The van der Waals surface area contributed by atoms with Crippen LogP contribution in [0, 0.1) is 17.0 Å². The van der Waals surface area contributed by atoms with Crippen molar-refractivity contribution in [2.75, 3.05) is 6.61 Å². The molecule has 0 N–H and O–H groups in total. The van der Waals surface area contributed by atoms with Gasteiger partial charge in [0.1, 0.15) is 16.8 Å². The number of aromatic nitrogens is 2. The van der Waals surface area contributed by atoms with Crippen molar-refractivity contribution in [1.29, 1.82) is 0 Å². The first-order valence-corrected chi connectivity index (χ1v) is 8.90. The first kappa shape index (κ1) is 16.9. The molecule has 1 heterocycles. The Balaban J connectivity index is 2.32. The quantitative estimate of drug-likeness (QED) is 0.511. The molecule has 25 heavy (non-hydrogen) atoms. The topological polar surface area (TPSA) is 104 Å². The molecule has 0 saturated heterocycles. The maximum atomic E-state index is 13.1. The number of ether oxygens (including phenoxy) is 1. The Kier molecular flexibility index (Phi) is 4.17. The number of benzene rings is 2. The van der Waals surface area contributed by atoms with Crippen molar-refractivity contribution >= 4 is 26.6 Å². The van der Waals surface area contributed by atoms with Gasteiger partial charge in [-0.3, -0.25) is 0 Å². The number of aryl methyl sites for hydroxylation is 1. The molecule has 9 heteroatoms. The predicted molar refractivity (Wildman–Crippen MR) is 91.3 cm³/mol. The normalized spacial score (nSPS) is 11.6. The van der Waals surface area contributed by atoms with Crippen LogP contribution in [0.25, 0.3) is 10.8 Å². The molecule has 0 aliphatic carbocycles. The Morgan fingerprint density at radius 2 is 1.88 bits per heavy atom. The first-order valence-electron chi connectivity index (χ1n) is 7.46. The van der Waals surface area contributed by atoms with E-state index < -0.39 is 20.8 Å². The minimum atomic E-state index is -4.20. The van der Waals surface area contributed by atoms with Crippen molar-refractivity contribution in [3.05, 3.63) is 58.5 Å².